The van der Waals surface area contributed by atoms with Crippen molar-refractivity contribution in [3.63, 3.8) is 0 Å². The largest absolute Gasteiger partial charge is 0.490 e. The SMILES string of the molecule is CN(CC1Cc2ccccc2CO1)S(=O)(=O)c1ccc2c(c1)OCCCO2. The quantitative estimate of drug-likeness (QED) is 0.804. The summed E-state index contributed by atoms with van der Waals surface area (Å²) in [5, 5.41) is 0. The number of hydrogen-bond donors (Lipinski definition) is 0. The molecule has 0 radical (unpaired) electrons. The van der Waals surface area contributed by atoms with E-state index >= 15 is 0 Å². The second-order valence-electron chi connectivity index (χ2n) is 6.85. The fourth-order valence-electron chi connectivity index (χ4n) is 3.40. The van der Waals surface area contributed by atoms with Crippen LogP contribution in [-0.2, 0) is 27.8 Å². The van der Waals surface area contributed by atoms with Gasteiger partial charge in [-0.05, 0) is 23.3 Å². The van der Waals surface area contributed by atoms with Gasteiger partial charge in [0, 0.05) is 32.5 Å². The van der Waals surface area contributed by atoms with Gasteiger partial charge in [-0.2, -0.15) is 4.31 Å². The van der Waals surface area contributed by atoms with Gasteiger partial charge in [0.15, 0.2) is 11.5 Å². The number of ether oxygens (including phenoxy) is 3. The summed E-state index contributed by atoms with van der Waals surface area (Å²) in [5.41, 5.74) is 2.39. The van der Waals surface area contributed by atoms with E-state index in [2.05, 4.69) is 6.07 Å². The Bertz CT molecular complexity index is 928. The number of nitrogens with zero attached hydrogens (tertiary/aromatic N) is 1. The predicted molar refractivity (Wildman–Crippen MR) is 101 cm³/mol. The summed E-state index contributed by atoms with van der Waals surface area (Å²) >= 11 is 0. The maximum absolute atomic E-state index is 13.0. The highest BCUT2D eigenvalue weighted by atomic mass is 32.2. The second kappa shape index (κ2) is 7.50. The van der Waals surface area contributed by atoms with Crippen LogP contribution in [0.2, 0.25) is 0 Å². The first-order chi connectivity index (χ1) is 13.0. The zero-order chi connectivity index (χ0) is 18.9. The maximum atomic E-state index is 13.0. The summed E-state index contributed by atoms with van der Waals surface area (Å²) in [6.45, 7) is 1.89. The van der Waals surface area contributed by atoms with E-state index in [0.717, 1.165) is 6.42 Å². The molecule has 6 nitrogen and oxygen atoms in total. The van der Waals surface area contributed by atoms with Crippen LogP contribution in [0.15, 0.2) is 47.4 Å². The van der Waals surface area contributed by atoms with E-state index in [9.17, 15) is 8.42 Å². The average molecular weight is 389 g/mol. The minimum atomic E-state index is -3.64. The molecule has 4 rings (SSSR count). The normalized spacial score (nSPS) is 19.4. The Morgan fingerprint density at radius 2 is 1.78 bits per heavy atom. The van der Waals surface area contributed by atoms with Crippen molar-refractivity contribution in [2.24, 2.45) is 0 Å². The minimum Gasteiger partial charge on any atom is -0.490 e. The maximum Gasteiger partial charge on any atom is 0.243 e. The van der Waals surface area contributed by atoms with Crippen LogP contribution in [-0.4, -0.2) is 45.6 Å². The lowest BCUT2D eigenvalue weighted by molar-refractivity contribution is 0.0202. The van der Waals surface area contributed by atoms with Crippen LogP contribution in [0.5, 0.6) is 11.5 Å². The number of hydrogen-bond acceptors (Lipinski definition) is 5. The van der Waals surface area contributed by atoms with Crippen molar-refractivity contribution in [3.05, 3.63) is 53.6 Å². The molecule has 0 amide bonds. The van der Waals surface area contributed by atoms with E-state index in [1.807, 2.05) is 18.2 Å². The van der Waals surface area contributed by atoms with Crippen molar-refractivity contribution in [2.45, 2.75) is 30.4 Å². The number of benzene rings is 2. The molecule has 0 aliphatic carbocycles. The molecule has 27 heavy (non-hydrogen) atoms. The van der Waals surface area contributed by atoms with Gasteiger partial charge in [-0.1, -0.05) is 24.3 Å². The van der Waals surface area contributed by atoms with Gasteiger partial charge in [-0.3, -0.25) is 0 Å². The molecular weight excluding hydrogens is 366 g/mol. The second-order valence-corrected chi connectivity index (χ2v) is 8.90. The molecule has 144 valence electrons. The Morgan fingerprint density at radius 1 is 1.04 bits per heavy atom. The van der Waals surface area contributed by atoms with Crippen molar-refractivity contribution in [3.8, 4) is 11.5 Å². The molecule has 0 aromatic heterocycles. The number of sulfonamides is 1. The third-order valence-electron chi connectivity index (χ3n) is 4.93. The van der Waals surface area contributed by atoms with Crippen molar-refractivity contribution >= 4 is 10.0 Å². The zero-order valence-electron chi connectivity index (χ0n) is 15.3. The Hall–Kier alpha value is -2.09. The highest BCUT2D eigenvalue weighted by Gasteiger charge is 2.28. The summed E-state index contributed by atoms with van der Waals surface area (Å²) in [5.74, 6) is 1.06. The molecule has 0 bridgehead atoms. The molecule has 0 fully saturated rings. The lowest BCUT2D eigenvalue weighted by Gasteiger charge is -2.28. The Labute approximate surface area is 159 Å². The monoisotopic (exact) mass is 389 g/mol. The van der Waals surface area contributed by atoms with Gasteiger partial charge < -0.3 is 14.2 Å². The number of fused-ring (bicyclic) bond motifs is 2. The molecule has 0 saturated heterocycles. The molecule has 2 aromatic rings. The van der Waals surface area contributed by atoms with Crippen molar-refractivity contribution in [1.82, 2.24) is 4.31 Å². The van der Waals surface area contributed by atoms with E-state index in [4.69, 9.17) is 14.2 Å². The van der Waals surface area contributed by atoms with Gasteiger partial charge in [-0.25, -0.2) is 8.42 Å². The van der Waals surface area contributed by atoms with Gasteiger partial charge in [-0.15, -0.1) is 0 Å². The van der Waals surface area contributed by atoms with Crippen LogP contribution < -0.4 is 9.47 Å². The van der Waals surface area contributed by atoms with Gasteiger partial charge >= 0.3 is 0 Å². The van der Waals surface area contributed by atoms with Crippen LogP contribution >= 0.6 is 0 Å². The topological polar surface area (TPSA) is 65.1 Å². The fraction of sp³-hybridized carbons (Fsp3) is 0.400. The van der Waals surface area contributed by atoms with E-state index in [-0.39, 0.29) is 11.0 Å². The summed E-state index contributed by atoms with van der Waals surface area (Å²) < 4.78 is 44.4. The molecule has 0 N–H and O–H groups in total. The highest BCUT2D eigenvalue weighted by Crippen LogP contribution is 2.33. The number of rotatable bonds is 4. The van der Waals surface area contributed by atoms with Crippen LogP contribution in [0.1, 0.15) is 17.5 Å². The molecule has 2 heterocycles. The molecule has 2 aliphatic rings. The third kappa shape index (κ3) is 3.81. The van der Waals surface area contributed by atoms with Crippen molar-refractivity contribution < 1.29 is 22.6 Å². The zero-order valence-corrected chi connectivity index (χ0v) is 16.1. The number of likely N-dealkylation sites (N-methyl/N-ethyl adjacent to an activating group) is 1. The van der Waals surface area contributed by atoms with Gasteiger partial charge in [0.25, 0.3) is 0 Å². The molecule has 1 unspecified atom stereocenters. The molecule has 2 aliphatic heterocycles. The van der Waals surface area contributed by atoms with Gasteiger partial charge in [0.1, 0.15) is 0 Å². The average Bonchev–Trinajstić information content (AvgIpc) is 2.92. The van der Waals surface area contributed by atoms with E-state index < -0.39 is 10.0 Å². The first-order valence-corrected chi connectivity index (χ1v) is 10.5. The van der Waals surface area contributed by atoms with Crippen LogP contribution in [0.3, 0.4) is 0 Å². The molecule has 1 atom stereocenters. The van der Waals surface area contributed by atoms with Crippen LogP contribution in [0, 0.1) is 0 Å². The standard InChI is InChI=1S/C20H23NO5S/c1-21(13-17-11-15-5-2-3-6-16(15)14-26-17)27(22,23)18-7-8-19-20(12-18)25-10-4-9-24-19/h2-3,5-8,12,17H,4,9-11,13-14H2,1H3. The summed E-state index contributed by atoms with van der Waals surface area (Å²) in [4.78, 5) is 0.199. The summed E-state index contributed by atoms with van der Waals surface area (Å²) in [6.07, 6.45) is 1.31. The molecule has 7 heteroatoms. The first-order valence-electron chi connectivity index (χ1n) is 9.08. The van der Waals surface area contributed by atoms with Crippen LogP contribution in [0.25, 0.3) is 0 Å². The Balaban J connectivity index is 1.50. The highest BCUT2D eigenvalue weighted by molar-refractivity contribution is 7.89. The lowest BCUT2D eigenvalue weighted by Crippen LogP contribution is -2.38. The molecule has 0 spiro atoms. The summed E-state index contributed by atoms with van der Waals surface area (Å²) in [6, 6.07) is 12.9. The molecule has 2 aromatic carbocycles. The fourth-order valence-corrected chi connectivity index (χ4v) is 4.61. The molecular formula is C20H23NO5S. The smallest absolute Gasteiger partial charge is 0.243 e. The third-order valence-corrected chi connectivity index (χ3v) is 6.75. The lowest BCUT2D eigenvalue weighted by atomic mass is 9.99. The Kier molecular flexibility index (Phi) is 5.08. The van der Waals surface area contributed by atoms with E-state index in [1.54, 1.807) is 25.2 Å². The van der Waals surface area contributed by atoms with Crippen molar-refractivity contribution in [2.75, 3.05) is 26.8 Å². The van der Waals surface area contributed by atoms with Crippen LogP contribution in [0.4, 0.5) is 0 Å². The van der Waals surface area contributed by atoms with Gasteiger partial charge in [0.2, 0.25) is 10.0 Å². The predicted octanol–water partition coefficient (Wildman–Crippen LogP) is 2.61. The van der Waals surface area contributed by atoms with E-state index in [0.29, 0.717) is 44.3 Å². The summed E-state index contributed by atoms with van der Waals surface area (Å²) in [7, 11) is -2.06. The van der Waals surface area contributed by atoms with Gasteiger partial charge in [0.05, 0.1) is 30.8 Å². The van der Waals surface area contributed by atoms with Crippen molar-refractivity contribution in [1.29, 1.82) is 0 Å². The Morgan fingerprint density at radius 3 is 2.59 bits per heavy atom. The first kappa shape index (κ1) is 18.3. The minimum absolute atomic E-state index is 0.167. The van der Waals surface area contributed by atoms with E-state index in [1.165, 1.54) is 15.4 Å². The molecule has 0 saturated carbocycles.